The van der Waals surface area contributed by atoms with E-state index in [-0.39, 0.29) is 6.04 Å². The Hall–Kier alpha value is -0.0400. The molecule has 0 aromatic carbocycles. The van der Waals surface area contributed by atoms with E-state index in [2.05, 4.69) is 13.8 Å². The zero-order valence-corrected chi connectivity index (χ0v) is 8.73. The van der Waals surface area contributed by atoms with Crippen LogP contribution in [0.2, 0.25) is 0 Å². The van der Waals surface area contributed by atoms with Crippen LogP contribution in [0.4, 0.5) is 0 Å². The molecule has 0 fully saturated rings. The quantitative estimate of drug-likeness (QED) is 0.495. The Labute approximate surface area is 77.7 Å². The lowest BCUT2D eigenvalue weighted by atomic mass is 10.0. The zero-order chi connectivity index (χ0) is 9.23. The van der Waals surface area contributed by atoms with Gasteiger partial charge in [-0.25, -0.2) is 0 Å². The molecular weight excluding hydrogens is 146 g/mol. The monoisotopic (exact) mass is 170 g/mol. The highest BCUT2D eigenvalue weighted by atomic mass is 14.6. The summed E-state index contributed by atoms with van der Waals surface area (Å²) in [6, 6.07) is 0.219. The molecule has 0 spiro atoms. The van der Waals surface area contributed by atoms with Gasteiger partial charge in [0.05, 0.1) is 0 Å². The van der Waals surface area contributed by atoms with Crippen LogP contribution < -0.4 is 5.73 Å². The van der Waals surface area contributed by atoms with Crippen molar-refractivity contribution in [1.29, 1.82) is 0 Å². The second-order valence-electron chi connectivity index (χ2n) is 3.69. The molecule has 0 aliphatic rings. The Morgan fingerprint density at radius 1 is 0.833 bits per heavy atom. The number of nitrogens with one attached hydrogen (secondary N) is 1. The molecule has 1 unspecified atom stereocenters. The topological polar surface area (TPSA) is 23.8 Å². The van der Waals surface area contributed by atoms with Crippen molar-refractivity contribution in [2.24, 2.45) is 0 Å². The van der Waals surface area contributed by atoms with E-state index < -0.39 is 0 Å². The van der Waals surface area contributed by atoms with Gasteiger partial charge in [0.15, 0.2) is 0 Å². The highest BCUT2D eigenvalue weighted by molar-refractivity contribution is 4.59. The standard InChI is InChI=1S/C11H24N/c1-3-5-6-7-8-10-11(12)9-4-2/h11-12H,3-10H2,1-2H3. The summed E-state index contributed by atoms with van der Waals surface area (Å²) >= 11 is 0. The third kappa shape index (κ3) is 8.06. The molecule has 73 valence electrons. The summed E-state index contributed by atoms with van der Waals surface area (Å²) in [4.78, 5) is 0. The maximum atomic E-state index is 7.65. The summed E-state index contributed by atoms with van der Waals surface area (Å²) in [6.07, 6.45) is 10.1. The lowest BCUT2D eigenvalue weighted by molar-refractivity contribution is 0.502. The first kappa shape index (κ1) is 12.0. The normalized spacial score (nSPS) is 13.2. The molecule has 0 bridgehead atoms. The summed E-state index contributed by atoms with van der Waals surface area (Å²) < 4.78 is 0. The van der Waals surface area contributed by atoms with Gasteiger partial charge in [-0.2, -0.15) is 0 Å². The maximum Gasteiger partial charge on any atom is 0.0212 e. The van der Waals surface area contributed by atoms with Gasteiger partial charge in [-0.3, -0.25) is 5.73 Å². The molecule has 12 heavy (non-hydrogen) atoms. The molecule has 1 nitrogen and oxygen atoms in total. The zero-order valence-electron chi connectivity index (χ0n) is 8.73. The summed E-state index contributed by atoms with van der Waals surface area (Å²) in [7, 11) is 0. The molecule has 1 atom stereocenters. The van der Waals surface area contributed by atoms with E-state index in [0.717, 1.165) is 12.8 Å². The molecular formula is C11H24N. The van der Waals surface area contributed by atoms with Gasteiger partial charge < -0.3 is 0 Å². The van der Waals surface area contributed by atoms with Gasteiger partial charge in [0, 0.05) is 6.04 Å². The molecule has 0 saturated carbocycles. The van der Waals surface area contributed by atoms with Crippen LogP contribution in [0.15, 0.2) is 0 Å². The highest BCUT2D eigenvalue weighted by Gasteiger charge is 2.00. The van der Waals surface area contributed by atoms with E-state index in [1.807, 2.05) is 0 Å². The van der Waals surface area contributed by atoms with Crippen molar-refractivity contribution >= 4 is 0 Å². The highest BCUT2D eigenvalue weighted by Crippen LogP contribution is 2.09. The first-order valence-electron chi connectivity index (χ1n) is 5.52. The van der Waals surface area contributed by atoms with Crippen molar-refractivity contribution in [1.82, 2.24) is 5.73 Å². The predicted octanol–water partition coefficient (Wildman–Crippen LogP) is 3.80. The molecule has 0 aliphatic heterocycles. The molecule has 0 saturated heterocycles. The van der Waals surface area contributed by atoms with Gasteiger partial charge in [0.1, 0.15) is 0 Å². The van der Waals surface area contributed by atoms with Gasteiger partial charge in [0.2, 0.25) is 0 Å². The number of rotatable bonds is 8. The van der Waals surface area contributed by atoms with Crippen LogP contribution in [0, 0.1) is 0 Å². The number of hydrogen-bond donors (Lipinski definition) is 0. The lowest BCUT2D eigenvalue weighted by Crippen LogP contribution is -2.07. The van der Waals surface area contributed by atoms with Crippen LogP contribution in [0.5, 0.6) is 0 Å². The summed E-state index contributed by atoms with van der Waals surface area (Å²) in [5.41, 5.74) is 7.65. The third-order valence-corrected chi connectivity index (χ3v) is 2.29. The van der Waals surface area contributed by atoms with Crippen LogP contribution in [0.1, 0.15) is 65.2 Å². The fourth-order valence-corrected chi connectivity index (χ4v) is 1.49. The molecule has 0 aliphatic carbocycles. The maximum absolute atomic E-state index is 7.65. The van der Waals surface area contributed by atoms with Crippen molar-refractivity contribution in [2.45, 2.75) is 71.3 Å². The van der Waals surface area contributed by atoms with E-state index in [4.69, 9.17) is 5.73 Å². The Kier molecular flexibility index (Phi) is 9.02. The molecule has 0 rings (SSSR count). The van der Waals surface area contributed by atoms with Crippen LogP contribution in [0.25, 0.3) is 0 Å². The van der Waals surface area contributed by atoms with Crippen LogP contribution >= 0.6 is 0 Å². The van der Waals surface area contributed by atoms with Crippen molar-refractivity contribution in [3.05, 3.63) is 0 Å². The first-order valence-corrected chi connectivity index (χ1v) is 5.52. The van der Waals surface area contributed by atoms with E-state index in [9.17, 15) is 0 Å². The first-order chi connectivity index (χ1) is 5.81. The van der Waals surface area contributed by atoms with Crippen molar-refractivity contribution in [3.8, 4) is 0 Å². The second-order valence-corrected chi connectivity index (χ2v) is 3.69. The van der Waals surface area contributed by atoms with E-state index >= 15 is 0 Å². The van der Waals surface area contributed by atoms with Gasteiger partial charge in [-0.15, -0.1) is 0 Å². The lowest BCUT2D eigenvalue weighted by Gasteiger charge is -2.07. The third-order valence-electron chi connectivity index (χ3n) is 2.29. The fourth-order valence-electron chi connectivity index (χ4n) is 1.49. The van der Waals surface area contributed by atoms with Crippen molar-refractivity contribution < 1.29 is 0 Å². The van der Waals surface area contributed by atoms with Gasteiger partial charge >= 0.3 is 0 Å². The average molecular weight is 170 g/mol. The largest absolute Gasteiger partial charge is 0.255 e. The fraction of sp³-hybridized carbons (Fsp3) is 1.00. The minimum atomic E-state index is 0.219. The predicted molar refractivity (Wildman–Crippen MR) is 55.2 cm³/mol. The minimum absolute atomic E-state index is 0.219. The molecule has 0 amide bonds. The van der Waals surface area contributed by atoms with Gasteiger partial charge in [0.25, 0.3) is 0 Å². The smallest absolute Gasteiger partial charge is 0.0212 e. The Morgan fingerprint density at radius 2 is 1.50 bits per heavy atom. The van der Waals surface area contributed by atoms with E-state index in [1.165, 1.54) is 38.5 Å². The molecule has 0 heterocycles. The van der Waals surface area contributed by atoms with E-state index in [0.29, 0.717) is 0 Å². The molecule has 0 aromatic heterocycles. The Morgan fingerprint density at radius 3 is 2.08 bits per heavy atom. The van der Waals surface area contributed by atoms with Crippen LogP contribution in [0.3, 0.4) is 0 Å². The molecule has 0 aromatic rings. The summed E-state index contributed by atoms with van der Waals surface area (Å²) in [6.45, 7) is 4.41. The number of unbranched alkanes of at least 4 members (excludes halogenated alkanes) is 4. The molecule has 1 N–H and O–H groups in total. The average Bonchev–Trinajstić information content (AvgIpc) is 2.05. The van der Waals surface area contributed by atoms with Crippen LogP contribution in [-0.2, 0) is 0 Å². The second kappa shape index (κ2) is 9.05. The van der Waals surface area contributed by atoms with Gasteiger partial charge in [-0.05, 0) is 12.8 Å². The molecule has 1 heteroatoms. The Balaban J connectivity index is 2.97. The molecule has 1 radical (unpaired) electrons. The van der Waals surface area contributed by atoms with Crippen molar-refractivity contribution in [2.75, 3.05) is 0 Å². The van der Waals surface area contributed by atoms with Crippen molar-refractivity contribution in [3.63, 3.8) is 0 Å². The number of hydrogen-bond acceptors (Lipinski definition) is 0. The van der Waals surface area contributed by atoms with Crippen LogP contribution in [-0.4, -0.2) is 6.04 Å². The summed E-state index contributed by atoms with van der Waals surface area (Å²) in [5, 5.41) is 0. The summed E-state index contributed by atoms with van der Waals surface area (Å²) in [5.74, 6) is 0. The minimum Gasteiger partial charge on any atom is -0.255 e. The SMILES string of the molecule is CCCCCCCC([NH])CCC. The van der Waals surface area contributed by atoms with E-state index in [1.54, 1.807) is 0 Å². The van der Waals surface area contributed by atoms with Gasteiger partial charge in [-0.1, -0.05) is 52.4 Å². The Bertz CT molecular complexity index is 81.1.